The summed E-state index contributed by atoms with van der Waals surface area (Å²) in [6.45, 7) is 0.115. The molecule has 7 nitrogen and oxygen atoms in total. The Balaban J connectivity index is 1.43. The molecule has 3 aromatic rings. The molecule has 0 unspecified atom stereocenters. The van der Waals surface area contributed by atoms with Gasteiger partial charge in [0.2, 0.25) is 5.91 Å². The number of hydrogen-bond donors (Lipinski definition) is 2. The van der Waals surface area contributed by atoms with E-state index in [0.29, 0.717) is 11.9 Å². The number of carbonyl (C=O) groups excluding carboxylic acids is 2. The first kappa shape index (κ1) is 16.9. The minimum atomic E-state index is -0.582. The molecule has 0 atom stereocenters. The van der Waals surface area contributed by atoms with E-state index >= 15 is 0 Å². The maximum atomic E-state index is 12.7. The predicted molar refractivity (Wildman–Crippen MR) is 101 cm³/mol. The van der Waals surface area contributed by atoms with E-state index in [2.05, 4.69) is 15.6 Å². The molecule has 3 amide bonds. The van der Waals surface area contributed by atoms with Crippen LogP contribution in [0.4, 0.5) is 4.79 Å². The van der Waals surface area contributed by atoms with Crippen LogP contribution < -0.4 is 16.2 Å². The van der Waals surface area contributed by atoms with Gasteiger partial charge in [-0.3, -0.25) is 19.5 Å². The molecule has 3 heterocycles. The zero-order chi connectivity index (χ0) is 18.1. The number of carbonyl (C=O) groups is 2. The summed E-state index contributed by atoms with van der Waals surface area (Å²) in [6, 6.07) is 3.20. The van der Waals surface area contributed by atoms with Crippen LogP contribution in [0, 0.1) is 0 Å². The second-order valence-corrected chi connectivity index (χ2v) is 8.14. The molecule has 134 valence electrons. The molecule has 0 aromatic carbocycles. The largest absolute Gasteiger partial charge is 0.333 e. The number of hydrogen-bond acceptors (Lipinski definition) is 6. The Morgan fingerprint density at radius 2 is 2.19 bits per heavy atom. The van der Waals surface area contributed by atoms with Crippen molar-refractivity contribution in [1.82, 2.24) is 20.2 Å². The first-order valence-corrected chi connectivity index (χ1v) is 9.91. The average Bonchev–Trinajstić information content (AvgIpc) is 3.31. The molecule has 4 rings (SSSR count). The Hall–Kier alpha value is -2.52. The second-order valence-electron chi connectivity index (χ2n) is 6.03. The molecule has 3 aromatic heterocycles. The molecular formula is C17H16N4O3S2. The van der Waals surface area contributed by atoms with E-state index in [0.717, 1.165) is 34.5 Å². The second kappa shape index (κ2) is 7.00. The summed E-state index contributed by atoms with van der Waals surface area (Å²) in [5.41, 5.74) is 0.856. The van der Waals surface area contributed by atoms with Crippen LogP contribution in [-0.4, -0.2) is 21.5 Å². The number of aromatic nitrogens is 2. The molecule has 0 saturated heterocycles. The summed E-state index contributed by atoms with van der Waals surface area (Å²) in [7, 11) is 0. The zero-order valence-corrected chi connectivity index (χ0v) is 15.4. The quantitative estimate of drug-likeness (QED) is 0.715. The molecule has 0 bridgehead atoms. The number of nitrogens with zero attached hydrogens (tertiary/aromatic N) is 2. The van der Waals surface area contributed by atoms with Gasteiger partial charge in [0.15, 0.2) is 0 Å². The maximum Gasteiger partial charge on any atom is 0.321 e. The van der Waals surface area contributed by atoms with Gasteiger partial charge in [-0.05, 0) is 36.3 Å². The van der Waals surface area contributed by atoms with Crippen LogP contribution in [0.2, 0.25) is 0 Å². The standard InChI is InChI=1S/C17H16N4O3S2/c22-13(20-17(24)18-7-10-3-2-6-25-10)8-21-9-19-15-14(16(21)23)11-4-1-5-12(11)26-15/h2-3,6,9H,1,4-5,7-8H2,(H2,18,20,22,24). The van der Waals surface area contributed by atoms with Crippen molar-refractivity contribution in [3.8, 4) is 0 Å². The van der Waals surface area contributed by atoms with E-state index in [9.17, 15) is 14.4 Å². The Bertz CT molecular complexity index is 1040. The van der Waals surface area contributed by atoms with Crippen LogP contribution in [0.1, 0.15) is 21.7 Å². The number of imide groups is 1. The van der Waals surface area contributed by atoms with Crippen molar-refractivity contribution in [1.29, 1.82) is 0 Å². The van der Waals surface area contributed by atoms with E-state index in [1.165, 1.54) is 27.1 Å². The summed E-state index contributed by atoms with van der Waals surface area (Å²) in [4.78, 5) is 43.9. The highest BCUT2D eigenvalue weighted by molar-refractivity contribution is 7.18. The van der Waals surface area contributed by atoms with Crippen molar-refractivity contribution in [3.63, 3.8) is 0 Å². The van der Waals surface area contributed by atoms with Crippen LogP contribution in [0.15, 0.2) is 28.6 Å². The first-order valence-electron chi connectivity index (χ1n) is 8.21. The number of nitrogens with one attached hydrogen (secondary N) is 2. The third kappa shape index (κ3) is 3.27. The van der Waals surface area contributed by atoms with Gasteiger partial charge in [-0.15, -0.1) is 22.7 Å². The van der Waals surface area contributed by atoms with Crippen LogP contribution >= 0.6 is 22.7 Å². The van der Waals surface area contributed by atoms with Crippen LogP contribution in [0.3, 0.4) is 0 Å². The zero-order valence-electron chi connectivity index (χ0n) is 13.8. The lowest BCUT2D eigenvalue weighted by molar-refractivity contribution is -0.120. The van der Waals surface area contributed by atoms with E-state index in [1.807, 2.05) is 17.5 Å². The number of urea groups is 1. The third-order valence-corrected chi connectivity index (χ3v) is 6.34. The van der Waals surface area contributed by atoms with Gasteiger partial charge >= 0.3 is 6.03 Å². The van der Waals surface area contributed by atoms with Crippen LogP contribution in [0.25, 0.3) is 10.2 Å². The van der Waals surface area contributed by atoms with Gasteiger partial charge in [0, 0.05) is 9.75 Å². The van der Waals surface area contributed by atoms with Gasteiger partial charge in [0.25, 0.3) is 5.56 Å². The summed E-state index contributed by atoms with van der Waals surface area (Å²) in [5, 5.41) is 7.40. The average molecular weight is 388 g/mol. The monoisotopic (exact) mass is 388 g/mol. The topological polar surface area (TPSA) is 93.1 Å². The summed E-state index contributed by atoms with van der Waals surface area (Å²) in [6.07, 6.45) is 4.30. The Labute approximate surface area is 156 Å². The van der Waals surface area contributed by atoms with Crippen molar-refractivity contribution in [2.75, 3.05) is 0 Å². The highest BCUT2D eigenvalue weighted by Crippen LogP contribution is 2.34. The molecule has 0 aliphatic heterocycles. The van der Waals surface area contributed by atoms with E-state index in [-0.39, 0.29) is 12.1 Å². The normalized spacial score (nSPS) is 12.9. The Morgan fingerprint density at radius 3 is 3.00 bits per heavy atom. The van der Waals surface area contributed by atoms with Crippen molar-refractivity contribution in [2.24, 2.45) is 0 Å². The molecule has 0 fully saturated rings. The number of aryl methyl sites for hydroxylation is 2. The summed E-state index contributed by atoms with van der Waals surface area (Å²) < 4.78 is 1.26. The lowest BCUT2D eigenvalue weighted by atomic mass is 10.2. The van der Waals surface area contributed by atoms with Gasteiger partial charge in [-0.25, -0.2) is 9.78 Å². The third-order valence-electron chi connectivity index (χ3n) is 4.26. The van der Waals surface area contributed by atoms with Gasteiger partial charge in [0.1, 0.15) is 11.4 Å². The number of amides is 3. The van der Waals surface area contributed by atoms with Gasteiger partial charge in [-0.2, -0.15) is 0 Å². The molecule has 2 N–H and O–H groups in total. The molecule has 0 radical (unpaired) electrons. The fourth-order valence-electron chi connectivity index (χ4n) is 3.08. The molecule has 1 aliphatic rings. The number of rotatable bonds is 4. The Morgan fingerprint density at radius 1 is 1.31 bits per heavy atom. The van der Waals surface area contributed by atoms with E-state index < -0.39 is 11.9 Å². The smallest absolute Gasteiger partial charge is 0.321 e. The lowest BCUT2D eigenvalue weighted by Gasteiger charge is -2.07. The lowest BCUT2D eigenvalue weighted by Crippen LogP contribution is -2.41. The van der Waals surface area contributed by atoms with Crippen molar-refractivity contribution < 1.29 is 9.59 Å². The number of thiophene rings is 2. The number of fused-ring (bicyclic) bond motifs is 3. The maximum absolute atomic E-state index is 12.7. The van der Waals surface area contributed by atoms with E-state index in [4.69, 9.17) is 0 Å². The fourth-order valence-corrected chi connectivity index (χ4v) is 4.94. The molecule has 0 spiro atoms. The Kier molecular flexibility index (Phi) is 4.56. The highest BCUT2D eigenvalue weighted by Gasteiger charge is 2.21. The molecule has 0 saturated carbocycles. The molecule has 26 heavy (non-hydrogen) atoms. The van der Waals surface area contributed by atoms with E-state index in [1.54, 1.807) is 11.3 Å². The first-order chi connectivity index (χ1) is 12.6. The van der Waals surface area contributed by atoms with Crippen molar-refractivity contribution in [2.45, 2.75) is 32.4 Å². The van der Waals surface area contributed by atoms with Gasteiger partial charge in [0.05, 0.1) is 18.3 Å². The molecule has 1 aliphatic carbocycles. The molecule has 9 heteroatoms. The molecular weight excluding hydrogens is 372 g/mol. The van der Waals surface area contributed by atoms with Gasteiger partial charge < -0.3 is 5.32 Å². The SMILES string of the molecule is O=C(Cn1cnc2sc3c(c2c1=O)CCC3)NC(=O)NCc1cccs1. The van der Waals surface area contributed by atoms with Crippen molar-refractivity contribution in [3.05, 3.63) is 49.5 Å². The summed E-state index contributed by atoms with van der Waals surface area (Å²) in [5.74, 6) is -0.552. The van der Waals surface area contributed by atoms with Gasteiger partial charge in [-0.1, -0.05) is 6.07 Å². The predicted octanol–water partition coefficient (Wildman–Crippen LogP) is 2.03. The van der Waals surface area contributed by atoms with Crippen LogP contribution in [0.5, 0.6) is 0 Å². The minimum absolute atomic E-state index is 0.219. The summed E-state index contributed by atoms with van der Waals surface area (Å²) >= 11 is 3.08. The minimum Gasteiger partial charge on any atom is -0.333 e. The van der Waals surface area contributed by atoms with Crippen LogP contribution in [-0.2, 0) is 30.7 Å². The van der Waals surface area contributed by atoms with Crippen molar-refractivity contribution >= 4 is 44.8 Å². The highest BCUT2D eigenvalue weighted by atomic mass is 32.1. The fraction of sp³-hybridized carbons (Fsp3) is 0.294.